The summed E-state index contributed by atoms with van der Waals surface area (Å²) in [6, 6.07) is 37.5. The number of aliphatic hydroxyl groups excluding tert-OH is 2. The van der Waals surface area contributed by atoms with Gasteiger partial charge in [-0.15, -0.1) is 0 Å². The molecule has 0 saturated heterocycles. The van der Waals surface area contributed by atoms with Crippen molar-refractivity contribution < 1.29 is 10.2 Å². The van der Waals surface area contributed by atoms with Gasteiger partial charge in [0.15, 0.2) is 0 Å². The molecular weight excluding hydrogens is 589 g/mol. The number of allylic oxidation sites excluding steroid dienone is 6. The van der Waals surface area contributed by atoms with Gasteiger partial charge in [0.25, 0.3) is 0 Å². The van der Waals surface area contributed by atoms with Crippen LogP contribution in [0.3, 0.4) is 0 Å². The van der Waals surface area contributed by atoms with Crippen LogP contribution in [0, 0.1) is 19.8 Å². The Hall–Kier alpha value is -4.06. The molecule has 0 radical (unpaired) electrons. The summed E-state index contributed by atoms with van der Waals surface area (Å²) >= 11 is 3.49. The summed E-state index contributed by atoms with van der Waals surface area (Å²) < 4.78 is 0. The molecule has 2 heterocycles. The van der Waals surface area contributed by atoms with Gasteiger partial charge in [-0.2, -0.15) is 0 Å². The Kier molecular flexibility index (Phi) is 8.39. The zero-order valence-electron chi connectivity index (χ0n) is 25.2. The fourth-order valence-electron chi connectivity index (χ4n) is 6.13. The van der Waals surface area contributed by atoms with Crippen molar-refractivity contribution in [2.24, 2.45) is 5.92 Å². The summed E-state index contributed by atoms with van der Waals surface area (Å²) in [6.07, 6.45) is 9.08. The molecule has 4 aromatic rings. The summed E-state index contributed by atoms with van der Waals surface area (Å²) in [4.78, 5) is 4.53. The molecule has 1 saturated carbocycles. The molecule has 1 fully saturated rings. The standard InChI is InChI=1S/C41H34O2S2/c1-26-13-9-11-19-32(26)37-23-28(22-35(44-37)29-15-5-3-6-16-29)21-34-40(42)39(41(34)43)31-24-36(30-17-7-4-8-18-30)45-38(25-31)33-20-12-10-14-27(33)2/h3-25,34,40-43H,1-2H3. The first-order valence-corrected chi connectivity index (χ1v) is 16.9. The van der Waals surface area contributed by atoms with Crippen LogP contribution >= 0.6 is 23.5 Å². The topological polar surface area (TPSA) is 40.5 Å². The lowest BCUT2D eigenvalue weighted by Gasteiger charge is -2.41. The van der Waals surface area contributed by atoms with Crippen LogP contribution in [0.15, 0.2) is 156 Å². The van der Waals surface area contributed by atoms with Gasteiger partial charge in [0.1, 0.15) is 0 Å². The van der Waals surface area contributed by atoms with E-state index in [1.165, 1.54) is 16.7 Å². The Morgan fingerprint density at radius 1 is 0.511 bits per heavy atom. The lowest BCUT2D eigenvalue weighted by Crippen LogP contribution is -2.48. The lowest BCUT2D eigenvalue weighted by molar-refractivity contribution is -0.00466. The third-order valence-corrected chi connectivity index (χ3v) is 10.9. The van der Waals surface area contributed by atoms with E-state index < -0.39 is 18.1 Å². The highest BCUT2D eigenvalue weighted by molar-refractivity contribution is 8.17. The second kappa shape index (κ2) is 12.7. The van der Waals surface area contributed by atoms with Crippen molar-refractivity contribution in [1.82, 2.24) is 0 Å². The average molecular weight is 623 g/mol. The maximum Gasteiger partial charge on any atom is 0.0875 e. The Morgan fingerprint density at radius 3 is 1.47 bits per heavy atom. The van der Waals surface area contributed by atoms with Crippen LogP contribution in [0.25, 0.3) is 19.6 Å². The van der Waals surface area contributed by atoms with Gasteiger partial charge in [-0.1, -0.05) is 139 Å². The predicted octanol–water partition coefficient (Wildman–Crippen LogP) is 9.84. The van der Waals surface area contributed by atoms with Crippen molar-refractivity contribution in [1.29, 1.82) is 0 Å². The van der Waals surface area contributed by atoms with E-state index in [9.17, 15) is 10.2 Å². The second-order valence-corrected chi connectivity index (χ2v) is 13.8. The van der Waals surface area contributed by atoms with Gasteiger partial charge in [-0.25, -0.2) is 0 Å². The minimum atomic E-state index is -0.785. The number of benzene rings is 4. The first-order valence-electron chi connectivity index (χ1n) is 15.2. The van der Waals surface area contributed by atoms with E-state index in [-0.39, 0.29) is 0 Å². The predicted molar refractivity (Wildman–Crippen MR) is 193 cm³/mol. The first kappa shape index (κ1) is 29.6. The van der Waals surface area contributed by atoms with Crippen LogP contribution < -0.4 is 0 Å². The Labute approximate surface area is 273 Å². The molecule has 1 aliphatic carbocycles. The zero-order chi connectivity index (χ0) is 30.9. The van der Waals surface area contributed by atoms with Crippen molar-refractivity contribution in [3.63, 3.8) is 0 Å². The molecule has 4 aromatic carbocycles. The maximum absolute atomic E-state index is 11.6. The van der Waals surface area contributed by atoms with Crippen molar-refractivity contribution in [3.8, 4) is 0 Å². The highest BCUT2D eigenvalue weighted by Crippen LogP contribution is 2.49. The maximum atomic E-state index is 11.6. The normalized spacial score (nSPS) is 22.3. The summed E-state index contributed by atoms with van der Waals surface area (Å²) in [7, 11) is 0. The molecule has 3 aliphatic rings. The van der Waals surface area contributed by atoms with E-state index >= 15 is 0 Å². The van der Waals surface area contributed by atoms with Gasteiger partial charge in [-0.05, 0) is 88.3 Å². The summed E-state index contributed by atoms with van der Waals surface area (Å²) in [5.74, 6) is -0.410. The van der Waals surface area contributed by atoms with E-state index in [2.05, 4.69) is 123 Å². The molecule has 0 spiro atoms. The van der Waals surface area contributed by atoms with Gasteiger partial charge < -0.3 is 10.2 Å². The van der Waals surface area contributed by atoms with Crippen LogP contribution in [0.5, 0.6) is 0 Å². The molecule has 2 atom stereocenters. The highest BCUT2D eigenvalue weighted by atomic mass is 32.2. The smallest absolute Gasteiger partial charge is 0.0875 e. The van der Waals surface area contributed by atoms with Crippen molar-refractivity contribution in [3.05, 3.63) is 190 Å². The molecule has 0 bridgehead atoms. The molecule has 7 rings (SSSR count). The number of aryl methyl sites for hydroxylation is 2. The van der Waals surface area contributed by atoms with Crippen molar-refractivity contribution in [2.45, 2.75) is 26.1 Å². The Balaban J connectivity index is 1.28. The molecule has 0 amide bonds. The summed E-state index contributed by atoms with van der Waals surface area (Å²) in [6.45, 7) is 4.26. The van der Waals surface area contributed by atoms with Crippen molar-refractivity contribution in [2.75, 3.05) is 0 Å². The molecule has 2 nitrogen and oxygen atoms in total. The van der Waals surface area contributed by atoms with Gasteiger partial charge in [0, 0.05) is 25.5 Å². The van der Waals surface area contributed by atoms with Gasteiger partial charge >= 0.3 is 0 Å². The lowest BCUT2D eigenvalue weighted by atomic mass is 9.70. The van der Waals surface area contributed by atoms with Crippen LogP contribution in [-0.4, -0.2) is 22.4 Å². The number of aliphatic hydroxyl groups is 2. The monoisotopic (exact) mass is 622 g/mol. The molecule has 2 N–H and O–H groups in total. The third-order valence-electron chi connectivity index (χ3n) is 8.63. The van der Waals surface area contributed by atoms with E-state index in [4.69, 9.17) is 0 Å². The largest absolute Gasteiger partial charge is 0.388 e. The van der Waals surface area contributed by atoms with Crippen LogP contribution in [0.4, 0.5) is 0 Å². The van der Waals surface area contributed by atoms with Gasteiger partial charge in [-0.3, -0.25) is 0 Å². The number of hydrogen-bond acceptors (Lipinski definition) is 4. The number of rotatable bonds is 5. The molecule has 2 aliphatic heterocycles. The Bertz CT molecular complexity index is 1930. The third kappa shape index (κ3) is 5.99. The van der Waals surface area contributed by atoms with Gasteiger partial charge in [0.05, 0.1) is 12.2 Å². The van der Waals surface area contributed by atoms with Crippen molar-refractivity contribution >= 4 is 43.1 Å². The molecule has 2 unspecified atom stereocenters. The van der Waals surface area contributed by atoms with Gasteiger partial charge in [0.2, 0.25) is 0 Å². The van der Waals surface area contributed by atoms with E-state index in [0.29, 0.717) is 5.57 Å². The Morgan fingerprint density at radius 2 is 0.933 bits per heavy atom. The average Bonchev–Trinajstić information content (AvgIpc) is 3.08. The molecule has 0 aromatic heterocycles. The number of thioether (sulfide) groups is 2. The minimum Gasteiger partial charge on any atom is -0.388 e. The van der Waals surface area contributed by atoms with E-state index in [0.717, 1.165) is 47.5 Å². The molecule has 222 valence electrons. The van der Waals surface area contributed by atoms with Crippen LogP contribution in [0.2, 0.25) is 0 Å². The minimum absolute atomic E-state index is 0.410. The summed E-state index contributed by atoms with van der Waals surface area (Å²) in [5.41, 5.74) is 9.59. The zero-order valence-corrected chi connectivity index (χ0v) is 26.9. The second-order valence-electron chi connectivity index (χ2n) is 11.6. The quantitative estimate of drug-likeness (QED) is 0.232. The van der Waals surface area contributed by atoms with E-state index in [1.54, 1.807) is 23.5 Å². The fraction of sp³-hybridized carbons (Fsp3) is 0.122. The van der Waals surface area contributed by atoms with Crippen LogP contribution in [0.1, 0.15) is 33.4 Å². The van der Waals surface area contributed by atoms with E-state index in [1.807, 2.05) is 30.3 Å². The fourth-order valence-corrected chi connectivity index (χ4v) is 8.55. The highest BCUT2D eigenvalue weighted by Gasteiger charge is 2.44. The first-order chi connectivity index (χ1) is 22.0. The van der Waals surface area contributed by atoms with Crippen LogP contribution in [-0.2, 0) is 0 Å². The summed E-state index contributed by atoms with van der Waals surface area (Å²) in [5, 5.41) is 23.2. The molecule has 45 heavy (non-hydrogen) atoms. The SMILES string of the molecule is Cc1ccccc1C1=CC(=CC2C(O)C(=C3C=C(c4ccccc4)SC(c4ccccc4C)=C3)C2O)C=C(c2ccccc2)S1. The molecular formula is C41H34O2S2. The number of hydrogen-bond donors (Lipinski definition) is 2. The molecule has 4 heteroatoms.